The number of halogens is 1. The molecule has 7 heteroatoms. The minimum atomic E-state index is -0.602. The molecule has 2 aliphatic rings. The minimum absolute atomic E-state index is 0.00791. The summed E-state index contributed by atoms with van der Waals surface area (Å²) < 4.78 is 30.0. The van der Waals surface area contributed by atoms with Crippen molar-refractivity contribution < 1.29 is 28.2 Å². The molecule has 1 aliphatic heterocycles. The van der Waals surface area contributed by atoms with Crippen molar-refractivity contribution in [2.24, 2.45) is 5.92 Å². The average Bonchev–Trinajstić information content (AvgIpc) is 2.82. The number of Topliss-reactive ketones (excluding diaryl/α,β-unsaturated/α-hetero) is 1. The molecule has 0 amide bonds. The quantitative estimate of drug-likeness (QED) is 0.587. The predicted molar refractivity (Wildman–Crippen MR) is 130 cm³/mol. The lowest BCUT2D eigenvalue weighted by atomic mass is 9.68. The number of benzene rings is 2. The smallest absolute Gasteiger partial charge is 0.336 e. The number of fused-ring (bicyclic) bond motifs is 1. The Morgan fingerprint density at radius 3 is 2.29 bits per heavy atom. The van der Waals surface area contributed by atoms with E-state index >= 15 is 0 Å². The van der Waals surface area contributed by atoms with Crippen LogP contribution in [0.15, 0.2) is 65.5 Å². The van der Waals surface area contributed by atoms with Crippen LogP contribution < -0.4 is 14.8 Å². The summed E-state index contributed by atoms with van der Waals surface area (Å²) in [7, 11) is 3.15. The molecule has 35 heavy (non-hydrogen) atoms. The number of rotatable bonds is 6. The number of ether oxygens (including phenoxy) is 3. The molecular weight excluding hydrogens is 449 g/mol. The molecule has 0 saturated carbocycles. The summed E-state index contributed by atoms with van der Waals surface area (Å²) in [5.41, 5.74) is 3.36. The van der Waals surface area contributed by atoms with Crippen molar-refractivity contribution in [2.45, 2.75) is 45.1 Å². The standard InChI is InChI=1S/C28H30FNO5/c1-15(2)35-28(32)25-16(3)30-21-12-19(18-8-11-23(33-4)24(14-18)34-5)13-22(31)27(21)26(25)17-6-9-20(29)10-7-17/h6-12,14-15,19,26-27,30H,13H2,1-5H3. The first kappa shape index (κ1) is 24.5. The summed E-state index contributed by atoms with van der Waals surface area (Å²) >= 11 is 0. The van der Waals surface area contributed by atoms with E-state index in [2.05, 4.69) is 5.32 Å². The van der Waals surface area contributed by atoms with Gasteiger partial charge in [0.2, 0.25) is 0 Å². The second-order valence-corrected chi connectivity index (χ2v) is 9.14. The second kappa shape index (κ2) is 9.94. The highest BCUT2D eigenvalue weighted by Gasteiger charge is 2.45. The van der Waals surface area contributed by atoms with Gasteiger partial charge in [-0.05, 0) is 56.2 Å². The number of hydrogen-bond acceptors (Lipinski definition) is 6. The molecule has 3 unspecified atom stereocenters. The van der Waals surface area contributed by atoms with Gasteiger partial charge in [-0.2, -0.15) is 0 Å². The van der Waals surface area contributed by atoms with Crippen LogP contribution in [0.3, 0.4) is 0 Å². The fraction of sp³-hybridized carbons (Fsp3) is 0.357. The average molecular weight is 480 g/mol. The Morgan fingerprint density at radius 1 is 1.00 bits per heavy atom. The molecule has 0 bridgehead atoms. The lowest BCUT2D eigenvalue weighted by Crippen LogP contribution is -2.42. The van der Waals surface area contributed by atoms with E-state index in [0.29, 0.717) is 28.3 Å². The Balaban J connectivity index is 1.80. The van der Waals surface area contributed by atoms with Gasteiger partial charge >= 0.3 is 5.97 Å². The van der Waals surface area contributed by atoms with Crippen molar-refractivity contribution in [1.82, 2.24) is 5.32 Å². The van der Waals surface area contributed by atoms with Crippen LogP contribution in [0.5, 0.6) is 11.5 Å². The fourth-order valence-corrected chi connectivity index (χ4v) is 4.95. The van der Waals surface area contributed by atoms with E-state index in [1.165, 1.54) is 12.1 Å². The molecule has 4 rings (SSSR count). The highest BCUT2D eigenvalue weighted by molar-refractivity contribution is 5.96. The minimum Gasteiger partial charge on any atom is -0.493 e. The van der Waals surface area contributed by atoms with E-state index in [0.717, 1.165) is 11.3 Å². The van der Waals surface area contributed by atoms with Crippen LogP contribution in [0.4, 0.5) is 4.39 Å². The SMILES string of the molecule is COc1ccc(C2C=C3NC(C)=C(C(=O)OC(C)C)C(c4ccc(F)cc4)C3C(=O)C2)cc1OC. The molecule has 1 aliphatic carbocycles. The van der Waals surface area contributed by atoms with Gasteiger partial charge < -0.3 is 19.5 Å². The maximum absolute atomic E-state index is 13.7. The number of esters is 1. The normalized spacial score (nSPS) is 21.7. The van der Waals surface area contributed by atoms with Gasteiger partial charge in [0.05, 0.1) is 31.8 Å². The van der Waals surface area contributed by atoms with Crippen molar-refractivity contribution in [2.75, 3.05) is 14.2 Å². The predicted octanol–water partition coefficient (Wildman–Crippen LogP) is 5.01. The van der Waals surface area contributed by atoms with Crippen LogP contribution in [0.2, 0.25) is 0 Å². The molecule has 6 nitrogen and oxygen atoms in total. The number of carbonyl (C=O) groups is 2. The van der Waals surface area contributed by atoms with Gasteiger partial charge in [-0.15, -0.1) is 0 Å². The van der Waals surface area contributed by atoms with Crippen LogP contribution >= 0.6 is 0 Å². The molecule has 0 saturated heterocycles. The van der Waals surface area contributed by atoms with E-state index in [1.807, 2.05) is 24.3 Å². The number of nitrogens with one attached hydrogen (secondary N) is 1. The van der Waals surface area contributed by atoms with Crippen molar-refractivity contribution in [1.29, 1.82) is 0 Å². The molecule has 1 heterocycles. The molecule has 1 N–H and O–H groups in total. The van der Waals surface area contributed by atoms with Crippen molar-refractivity contribution in [3.8, 4) is 11.5 Å². The fourth-order valence-electron chi connectivity index (χ4n) is 4.95. The summed E-state index contributed by atoms with van der Waals surface area (Å²) in [6.45, 7) is 5.36. The largest absolute Gasteiger partial charge is 0.493 e. The highest BCUT2D eigenvalue weighted by Crippen LogP contribution is 2.46. The lowest BCUT2D eigenvalue weighted by molar-refractivity contribution is -0.143. The Labute approximate surface area is 204 Å². The molecule has 0 fully saturated rings. The van der Waals surface area contributed by atoms with Gasteiger partial charge in [0.15, 0.2) is 11.5 Å². The molecular formula is C28H30FNO5. The maximum Gasteiger partial charge on any atom is 0.336 e. The van der Waals surface area contributed by atoms with E-state index < -0.39 is 17.8 Å². The number of allylic oxidation sites excluding steroid dienone is 3. The monoisotopic (exact) mass is 479 g/mol. The Hall–Kier alpha value is -3.61. The topological polar surface area (TPSA) is 73.9 Å². The zero-order valence-electron chi connectivity index (χ0n) is 20.6. The number of hydrogen-bond donors (Lipinski definition) is 1. The van der Waals surface area contributed by atoms with Crippen LogP contribution in [-0.2, 0) is 14.3 Å². The van der Waals surface area contributed by atoms with E-state index in [1.54, 1.807) is 47.1 Å². The van der Waals surface area contributed by atoms with E-state index in [4.69, 9.17) is 14.2 Å². The van der Waals surface area contributed by atoms with Gasteiger partial charge in [-0.1, -0.05) is 24.3 Å². The Kier molecular flexibility index (Phi) is 6.96. The second-order valence-electron chi connectivity index (χ2n) is 9.14. The third-order valence-electron chi connectivity index (χ3n) is 6.49. The molecule has 0 spiro atoms. The first-order valence-electron chi connectivity index (χ1n) is 11.6. The lowest BCUT2D eigenvalue weighted by Gasteiger charge is -2.39. The van der Waals surface area contributed by atoms with Crippen LogP contribution in [0, 0.1) is 11.7 Å². The number of carbonyl (C=O) groups excluding carboxylic acids is 2. The summed E-state index contributed by atoms with van der Waals surface area (Å²) in [4.78, 5) is 26.8. The molecule has 3 atom stereocenters. The highest BCUT2D eigenvalue weighted by atomic mass is 19.1. The number of ketones is 1. The molecule has 184 valence electrons. The van der Waals surface area contributed by atoms with E-state index in [-0.39, 0.29) is 30.0 Å². The van der Waals surface area contributed by atoms with Gasteiger partial charge in [-0.3, -0.25) is 4.79 Å². The van der Waals surface area contributed by atoms with Crippen LogP contribution in [0.25, 0.3) is 0 Å². The van der Waals surface area contributed by atoms with E-state index in [9.17, 15) is 14.0 Å². The molecule has 2 aromatic carbocycles. The van der Waals surface area contributed by atoms with Crippen LogP contribution in [0.1, 0.15) is 50.2 Å². The summed E-state index contributed by atoms with van der Waals surface area (Å²) in [5, 5.41) is 3.30. The first-order chi connectivity index (χ1) is 16.7. The van der Waals surface area contributed by atoms with Gasteiger partial charge in [0, 0.05) is 29.7 Å². The summed E-state index contributed by atoms with van der Waals surface area (Å²) in [6, 6.07) is 11.6. The summed E-state index contributed by atoms with van der Waals surface area (Å²) in [6.07, 6.45) is 1.98. The van der Waals surface area contributed by atoms with Gasteiger partial charge in [-0.25, -0.2) is 9.18 Å². The zero-order valence-corrected chi connectivity index (χ0v) is 20.6. The van der Waals surface area contributed by atoms with Crippen molar-refractivity contribution in [3.05, 3.63) is 82.5 Å². The molecule has 2 aromatic rings. The third-order valence-corrected chi connectivity index (χ3v) is 6.49. The first-order valence-corrected chi connectivity index (χ1v) is 11.6. The Morgan fingerprint density at radius 2 is 1.66 bits per heavy atom. The third kappa shape index (κ3) is 4.81. The van der Waals surface area contributed by atoms with Gasteiger partial charge in [0.1, 0.15) is 11.6 Å². The van der Waals surface area contributed by atoms with Crippen LogP contribution in [-0.4, -0.2) is 32.1 Å². The van der Waals surface area contributed by atoms with Gasteiger partial charge in [0.25, 0.3) is 0 Å². The maximum atomic E-state index is 13.7. The van der Waals surface area contributed by atoms with Crippen molar-refractivity contribution >= 4 is 11.8 Å². The Bertz CT molecular complexity index is 1200. The zero-order chi connectivity index (χ0) is 25.3. The molecule has 0 aromatic heterocycles. The molecule has 0 radical (unpaired) electrons. The summed E-state index contributed by atoms with van der Waals surface area (Å²) in [5.74, 6) is -1.01. The van der Waals surface area contributed by atoms with Crippen molar-refractivity contribution in [3.63, 3.8) is 0 Å². The number of methoxy groups -OCH3 is 2.